The standard InChI is InChI=1S/C19H26N2O3/c1-15(24-17-7-3-2-4-8-17)18(22)21-13-9-16(10-14-21)19(23)20-11-5-6-12-20/h2-4,7-8,15-16H,5-6,9-14H2,1H3. The summed E-state index contributed by atoms with van der Waals surface area (Å²) in [4.78, 5) is 28.8. The van der Waals surface area contributed by atoms with E-state index in [9.17, 15) is 9.59 Å². The van der Waals surface area contributed by atoms with Gasteiger partial charge in [-0.05, 0) is 44.7 Å². The normalized spacial score (nSPS) is 20.0. The van der Waals surface area contributed by atoms with Crippen molar-refractivity contribution in [2.45, 2.75) is 38.7 Å². The smallest absolute Gasteiger partial charge is 0.263 e. The Labute approximate surface area is 143 Å². The predicted octanol–water partition coefficient (Wildman–Crippen LogP) is 2.31. The fourth-order valence-corrected chi connectivity index (χ4v) is 3.55. The first-order chi connectivity index (χ1) is 11.6. The summed E-state index contributed by atoms with van der Waals surface area (Å²) in [6.07, 6.45) is 3.27. The average molecular weight is 330 g/mol. The predicted molar refractivity (Wildman–Crippen MR) is 91.7 cm³/mol. The molecule has 1 aromatic rings. The van der Waals surface area contributed by atoms with E-state index in [1.807, 2.05) is 40.1 Å². The van der Waals surface area contributed by atoms with E-state index in [0.717, 1.165) is 38.8 Å². The average Bonchev–Trinajstić information content (AvgIpc) is 3.16. The van der Waals surface area contributed by atoms with Crippen molar-refractivity contribution in [1.29, 1.82) is 0 Å². The number of para-hydroxylation sites is 1. The number of amides is 2. The lowest BCUT2D eigenvalue weighted by Crippen LogP contribution is -2.47. The Morgan fingerprint density at radius 1 is 1.00 bits per heavy atom. The zero-order chi connectivity index (χ0) is 16.9. The van der Waals surface area contributed by atoms with Gasteiger partial charge in [0.15, 0.2) is 6.10 Å². The van der Waals surface area contributed by atoms with E-state index in [4.69, 9.17) is 4.74 Å². The Balaban J connectivity index is 1.48. The largest absolute Gasteiger partial charge is 0.481 e. The van der Waals surface area contributed by atoms with Gasteiger partial charge in [-0.3, -0.25) is 9.59 Å². The van der Waals surface area contributed by atoms with Gasteiger partial charge in [0.25, 0.3) is 5.91 Å². The third-order valence-electron chi connectivity index (χ3n) is 4.98. The maximum Gasteiger partial charge on any atom is 0.263 e. The quantitative estimate of drug-likeness (QED) is 0.851. The number of benzene rings is 1. The van der Waals surface area contributed by atoms with Gasteiger partial charge in [0.1, 0.15) is 5.75 Å². The van der Waals surface area contributed by atoms with Gasteiger partial charge in [0.05, 0.1) is 0 Å². The molecule has 0 radical (unpaired) electrons. The van der Waals surface area contributed by atoms with Crippen molar-refractivity contribution in [2.24, 2.45) is 5.92 Å². The second-order valence-corrected chi connectivity index (χ2v) is 6.71. The van der Waals surface area contributed by atoms with Crippen LogP contribution < -0.4 is 4.74 Å². The molecule has 2 amide bonds. The number of piperidine rings is 1. The lowest BCUT2D eigenvalue weighted by atomic mass is 9.95. The summed E-state index contributed by atoms with van der Waals surface area (Å²) in [5, 5.41) is 0. The van der Waals surface area contributed by atoms with Gasteiger partial charge in [0, 0.05) is 32.1 Å². The number of hydrogen-bond acceptors (Lipinski definition) is 3. The SMILES string of the molecule is CC(Oc1ccccc1)C(=O)N1CCC(C(=O)N2CCCC2)CC1. The molecule has 0 aromatic heterocycles. The van der Waals surface area contributed by atoms with Crippen LogP contribution in [0.2, 0.25) is 0 Å². The van der Waals surface area contributed by atoms with Gasteiger partial charge in [-0.1, -0.05) is 18.2 Å². The topological polar surface area (TPSA) is 49.9 Å². The molecular weight excluding hydrogens is 304 g/mol. The maximum atomic E-state index is 12.5. The molecule has 0 aliphatic carbocycles. The highest BCUT2D eigenvalue weighted by molar-refractivity contribution is 5.82. The van der Waals surface area contributed by atoms with E-state index in [-0.39, 0.29) is 17.7 Å². The van der Waals surface area contributed by atoms with Gasteiger partial charge < -0.3 is 14.5 Å². The Morgan fingerprint density at radius 3 is 2.25 bits per heavy atom. The Kier molecular flexibility index (Phi) is 5.38. The first-order valence-corrected chi connectivity index (χ1v) is 8.94. The van der Waals surface area contributed by atoms with Crippen LogP contribution in [-0.4, -0.2) is 53.9 Å². The molecule has 0 bridgehead atoms. The summed E-state index contributed by atoms with van der Waals surface area (Å²) in [7, 11) is 0. The van der Waals surface area contributed by atoms with Gasteiger partial charge in [-0.25, -0.2) is 0 Å². The molecule has 1 atom stereocenters. The molecule has 3 rings (SSSR count). The zero-order valence-corrected chi connectivity index (χ0v) is 14.3. The summed E-state index contributed by atoms with van der Waals surface area (Å²) in [5.41, 5.74) is 0. The molecular formula is C19H26N2O3. The second kappa shape index (κ2) is 7.69. The number of rotatable bonds is 4. The molecule has 1 unspecified atom stereocenters. The second-order valence-electron chi connectivity index (χ2n) is 6.71. The molecule has 5 heteroatoms. The number of carbonyl (C=O) groups excluding carboxylic acids is 2. The van der Waals surface area contributed by atoms with Crippen LogP contribution in [0.1, 0.15) is 32.6 Å². The van der Waals surface area contributed by atoms with Crippen molar-refractivity contribution in [1.82, 2.24) is 9.80 Å². The molecule has 2 fully saturated rings. The molecule has 0 spiro atoms. The number of ether oxygens (including phenoxy) is 1. The van der Waals surface area contributed by atoms with E-state index in [1.165, 1.54) is 0 Å². The van der Waals surface area contributed by atoms with Crippen molar-refractivity contribution in [3.8, 4) is 5.75 Å². The lowest BCUT2D eigenvalue weighted by molar-refractivity contribution is -0.143. The molecule has 2 aliphatic rings. The zero-order valence-electron chi connectivity index (χ0n) is 14.3. The Morgan fingerprint density at radius 2 is 1.62 bits per heavy atom. The number of carbonyl (C=O) groups is 2. The van der Waals surface area contributed by atoms with Crippen LogP contribution in [0.25, 0.3) is 0 Å². The van der Waals surface area contributed by atoms with E-state index in [2.05, 4.69) is 0 Å². The summed E-state index contributed by atoms with van der Waals surface area (Å²) < 4.78 is 5.72. The number of likely N-dealkylation sites (tertiary alicyclic amines) is 2. The fourth-order valence-electron chi connectivity index (χ4n) is 3.55. The molecule has 2 saturated heterocycles. The highest BCUT2D eigenvalue weighted by atomic mass is 16.5. The third-order valence-corrected chi connectivity index (χ3v) is 4.98. The summed E-state index contributed by atoms with van der Waals surface area (Å²) in [6, 6.07) is 9.40. The summed E-state index contributed by atoms with van der Waals surface area (Å²) in [6.45, 7) is 4.88. The van der Waals surface area contributed by atoms with Crippen molar-refractivity contribution < 1.29 is 14.3 Å². The Hall–Kier alpha value is -2.04. The number of nitrogens with zero attached hydrogens (tertiary/aromatic N) is 2. The molecule has 0 saturated carbocycles. The molecule has 1 aromatic carbocycles. The van der Waals surface area contributed by atoms with E-state index < -0.39 is 6.10 Å². The molecule has 2 heterocycles. The van der Waals surface area contributed by atoms with Gasteiger partial charge >= 0.3 is 0 Å². The van der Waals surface area contributed by atoms with Crippen LogP contribution >= 0.6 is 0 Å². The summed E-state index contributed by atoms with van der Waals surface area (Å²) in [5.74, 6) is 1.08. The molecule has 24 heavy (non-hydrogen) atoms. The summed E-state index contributed by atoms with van der Waals surface area (Å²) >= 11 is 0. The van der Waals surface area contributed by atoms with Crippen molar-refractivity contribution in [3.63, 3.8) is 0 Å². The third kappa shape index (κ3) is 3.89. The first kappa shape index (κ1) is 16.8. The monoisotopic (exact) mass is 330 g/mol. The van der Waals surface area contributed by atoms with Crippen molar-refractivity contribution >= 4 is 11.8 Å². The minimum atomic E-state index is -0.502. The van der Waals surface area contributed by atoms with Crippen LogP contribution in [0.4, 0.5) is 0 Å². The molecule has 2 aliphatic heterocycles. The van der Waals surface area contributed by atoms with Crippen LogP contribution in [0.3, 0.4) is 0 Å². The van der Waals surface area contributed by atoms with Crippen LogP contribution in [0, 0.1) is 5.92 Å². The van der Waals surface area contributed by atoms with Crippen LogP contribution in [0.15, 0.2) is 30.3 Å². The first-order valence-electron chi connectivity index (χ1n) is 8.94. The van der Waals surface area contributed by atoms with E-state index in [0.29, 0.717) is 18.8 Å². The molecule has 0 N–H and O–H groups in total. The minimum absolute atomic E-state index is 0.00549. The number of hydrogen-bond donors (Lipinski definition) is 0. The van der Waals surface area contributed by atoms with E-state index >= 15 is 0 Å². The van der Waals surface area contributed by atoms with Gasteiger partial charge in [-0.2, -0.15) is 0 Å². The maximum absolute atomic E-state index is 12.5. The minimum Gasteiger partial charge on any atom is -0.481 e. The molecule has 130 valence electrons. The highest BCUT2D eigenvalue weighted by Crippen LogP contribution is 2.23. The van der Waals surface area contributed by atoms with Crippen LogP contribution in [-0.2, 0) is 9.59 Å². The fraction of sp³-hybridized carbons (Fsp3) is 0.579. The van der Waals surface area contributed by atoms with Crippen LogP contribution in [0.5, 0.6) is 5.75 Å². The highest BCUT2D eigenvalue weighted by Gasteiger charge is 2.32. The molecule has 5 nitrogen and oxygen atoms in total. The van der Waals surface area contributed by atoms with Crippen molar-refractivity contribution in [2.75, 3.05) is 26.2 Å². The Bertz CT molecular complexity index is 561. The van der Waals surface area contributed by atoms with Crippen molar-refractivity contribution in [3.05, 3.63) is 30.3 Å². The lowest BCUT2D eigenvalue weighted by Gasteiger charge is -2.34. The van der Waals surface area contributed by atoms with Gasteiger partial charge in [-0.15, -0.1) is 0 Å². The van der Waals surface area contributed by atoms with Gasteiger partial charge in [0.2, 0.25) is 5.91 Å². The van der Waals surface area contributed by atoms with E-state index in [1.54, 1.807) is 6.92 Å².